The third kappa shape index (κ3) is 2.83. The number of alkyl halides is 2. The minimum absolute atomic E-state index is 0.0729. The van der Waals surface area contributed by atoms with Crippen LogP contribution in [0.25, 0.3) is 11.3 Å². The Hall–Kier alpha value is -2.11. The fraction of sp³-hybridized carbons (Fsp3) is 0.308. The highest BCUT2D eigenvalue weighted by Crippen LogP contribution is 2.34. The van der Waals surface area contributed by atoms with Gasteiger partial charge in [-0.15, -0.1) is 0 Å². The highest BCUT2D eigenvalue weighted by molar-refractivity contribution is 5.69. The Morgan fingerprint density at radius 2 is 2.05 bits per heavy atom. The van der Waals surface area contributed by atoms with Crippen LogP contribution in [0.5, 0.6) is 5.75 Å². The van der Waals surface area contributed by atoms with Crippen LogP contribution in [-0.2, 0) is 0 Å². The maximum atomic E-state index is 12.2. The van der Waals surface area contributed by atoms with Crippen LogP contribution in [0.3, 0.4) is 0 Å². The predicted octanol–water partition coefficient (Wildman–Crippen LogP) is 3.65. The second-order valence-electron chi connectivity index (χ2n) is 4.37. The van der Waals surface area contributed by atoms with Crippen LogP contribution >= 0.6 is 0 Å². The summed E-state index contributed by atoms with van der Waals surface area (Å²) >= 11 is 0. The Balaban J connectivity index is 2.42. The Bertz CT molecular complexity index is 568. The number of rotatable bonds is 4. The molecule has 19 heavy (non-hydrogen) atoms. The van der Waals surface area contributed by atoms with Gasteiger partial charge in [-0.3, -0.25) is 0 Å². The van der Waals surface area contributed by atoms with Gasteiger partial charge >= 0.3 is 6.61 Å². The van der Waals surface area contributed by atoms with Gasteiger partial charge < -0.3 is 15.0 Å². The molecular formula is C13H14F2N2O2. The van der Waals surface area contributed by atoms with E-state index < -0.39 is 6.61 Å². The molecule has 0 aliphatic carbocycles. The standard InChI is InChI=1S/C13H14F2N2O2/c1-7(2)10-11(17-19-12(10)16)8-4-3-5-9(6-8)18-13(14)15/h3-7,13H,16H2,1-2H3. The number of nitrogen functional groups attached to an aromatic ring is 1. The molecule has 2 aromatic rings. The molecule has 2 rings (SSSR count). The van der Waals surface area contributed by atoms with Gasteiger partial charge in [-0.1, -0.05) is 31.1 Å². The lowest BCUT2D eigenvalue weighted by Crippen LogP contribution is -2.02. The summed E-state index contributed by atoms with van der Waals surface area (Å²) in [5, 5.41) is 3.88. The SMILES string of the molecule is CC(C)c1c(-c2cccc(OC(F)F)c2)noc1N. The van der Waals surface area contributed by atoms with Crippen LogP contribution in [-0.4, -0.2) is 11.8 Å². The third-order valence-corrected chi connectivity index (χ3v) is 2.67. The zero-order valence-electron chi connectivity index (χ0n) is 10.6. The van der Waals surface area contributed by atoms with Gasteiger partial charge in [0.05, 0.1) is 0 Å². The van der Waals surface area contributed by atoms with Crippen LogP contribution in [0.2, 0.25) is 0 Å². The molecule has 102 valence electrons. The van der Waals surface area contributed by atoms with E-state index in [1.807, 2.05) is 13.8 Å². The summed E-state index contributed by atoms with van der Waals surface area (Å²) in [5.74, 6) is 0.426. The molecule has 0 radical (unpaired) electrons. The number of aromatic nitrogens is 1. The second-order valence-corrected chi connectivity index (χ2v) is 4.37. The molecule has 1 aromatic heterocycles. The first-order chi connectivity index (χ1) is 8.99. The summed E-state index contributed by atoms with van der Waals surface area (Å²) in [6.45, 7) is 1.04. The minimum Gasteiger partial charge on any atom is -0.435 e. The molecule has 0 aliphatic rings. The van der Waals surface area contributed by atoms with Gasteiger partial charge in [-0.25, -0.2) is 0 Å². The van der Waals surface area contributed by atoms with Crippen LogP contribution in [0.1, 0.15) is 25.3 Å². The van der Waals surface area contributed by atoms with E-state index in [-0.39, 0.29) is 17.6 Å². The van der Waals surface area contributed by atoms with Gasteiger partial charge in [0.1, 0.15) is 11.4 Å². The summed E-state index contributed by atoms with van der Waals surface area (Å²) in [7, 11) is 0. The Labute approximate surface area is 109 Å². The number of hydrogen-bond acceptors (Lipinski definition) is 4. The highest BCUT2D eigenvalue weighted by atomic mass is 19.3. The van der Waals surface area contributed by atoms with E-state index in [4.69, 9.17) is 10.3 Å². The van der Waals surface area contributed by atoms with Crippen LogP contribution in [0, 0.1) is 0 Å². The molecule has 0 saturated heterocycles. The van der Waals surface area contributed by atoms with E-state index in [9.17, 15) is 8.78 Å². The first kappa shape index (κ1) is 13.3. The first-order valence-electron chi connectivity index (χ1n) is 5.79. The molecule has 0 saturated carbocycles. The van der Waals surface area contributed by atoms with E-state index in [0.29, 0.717) is 11.3 Å². The lowest BCUT2D eigenvalue weighted by atomic mass is 9.99. The molecule has 1 aromatic carbocycles. The summed E-state index contributed by atoms with van der Waals surface area (Å²) < 4.78 is 33.7. The quantitative estimate of drug-likeness (QED) is 0.919. The summed E-state index contributed by atoms with van der Waals surface area (Å²) in [5.41, 5.74) is 7.65. The molecule has 1 heterocycles. The topological polar surface area (TPSA) is 61.3 Å². The predicted molar refractivity (Wildman–Crippen MR) is 67.1 cm³/mol. The molecule has 6 heteroatoms. The fourth-order valence-electron chi connectivity index (χ4n) is 1.90. The van der Waals surface area contributed by atoms with Crippen molar-refractivity contribution in [3.63, 3.8) is 0 Å². The molecule has 0 bridgehead atoms. The fourth-order valence-corrected chi connectivity index (χ4v) is 1.90. The smallest absolute Gasteiger partial charge is 0.387 e. The summed E-state index contributed by atoms with van der Waals surface area (Å²) in [6.07, 6.45) is 0. The Kier molecular flexibility index (Phi) is 3.69. The zero-order chi connectivity index (χ0) is 14.0. The normalized spacial score (nSPS) is 11.3. The number of nitrogens with two attached hydrogens (primary N) is 1. The molecule has 0 aliphatic heterocycles. The van der Waals surface area contributed by atoms with Crippen molar-refractivity contribution in [3.05, 3.63) is 29.8 Å². The number of halogens is 2. The minimum atomic E-state index is -2.86. The Morgan fingerprint density at radius 1 is 1.32 bits per heavy atom. The van der Waals surface area contributed by atoms with Crippen LogP contribution in [0.15, 0.2) is 28.8 Å². The average molecular weight is 268 g/mol. The van der Waals surface area contributed by atoms with Gasteiger partial charge in [-0.05, 0) is 18.1 Å². The van der Waals surface area contributed by atoms with Gasteiger partial charge in [0.2, 0.25) is 5.88 Å². The summed E-state index contributed by atoms with van der Waals surface area (Å²) in [4.78, 5) is 0. The van der Waals surface area contributed by atoms with E-state index in [0.717, 1.165) is 5.56 Å². The molecule has 0 atom stereocenters. The van der Waals surface area contributed by atoms with Crippen LogP contribution < -0.4 is 10.5 Å². The third-order valence-electron chi connectivity index (χ3n) is 2.67. The first-order valence-corrected chi connectivity index (χ1v) is 5.79. The number of hydrogen-bond donors (Lipinski definition) is 1. The number of ether oxygens (including phenoxy) is 1. The van der Waals surface area contributed by atoms with Crippen molar-refractivity contribution in [2.45, 2.75) is 26.4 Å². The van der Waals surface area contributed by atoms with E-state index in [2.05, 4.69) is 9.89 Å². The maximum absolute atomic E-state index is 12.2. The Morgan fingerprint density at radius 3 is 2.68 bits per heavy atom. The van der Waals surface area contributed by atoms with E-state index in [1.54, 1.807) is 12.1 Å². The van der Waals surface area contributed by atoms with Gasteiger partial charge in [0.15, 0.2) is 0 Å². The molecule has 4 nitrogen and oxygen atoms in total. The second kappa shape index (κ2) is 5.26. The van der Waals surface area contributed by atoms with Crippen molar-refractivity contribution in [2.75, 3.05) is 5.73 Å². The van der Waals surface area contributed by atoms with E-state index >= 15 is 0 Å². The maximum Gasteiger partial charge on any atom is 0.387 e. The number of benzene rings is 1. The van der Waals surface area contributed by atoms with Gasteiger partial charge in [-0.2, -0.15) is 8.78 Å². The largest absolute Gasteiger partial charge is 0.435 e. The van der Waals surface area contributed by atoms with Crippen molar-refractivity contribution in [2.24, 2.45) is 0 Å². The highest BCUT2D eigenvalue weighted by Gasteiger charge is 2.18. The average Bonchev–Trinajstić information content (AvgIpc) is 2.70. The van der Waals surface area contributed by atoms with Crippen molar-refractivity contribution in [1.29, 1.82) is 0 Å². The molecule has 0 amide bonds. The molecule has 0 unspecified atom stereocenters. The van der Waals surface area contributed by atoms with E-state index in [1.165, 1.54) is 12.1 Å². The summed E-state index contributed by atoms with van der Waals surface area (Å²) in [6, 6.07) is 6.28. The molecular weight excluding hydrogens is 254 g/mol. The van der Waals surface area contributed by atoms with Gasteiger partial charge in [0.25, 0.3) is 0 Å². The van der Waals surface area contributed by atoms with Crippen molar-refractivity contribution < 1.29 is 18.0 Å². The number of nitrogens with zero attached hydrogens (tertiary/aromatic N) is 1. The number of anilines is 1. The van der Waals surface area contributed by atoms with Gasteiger partial charge in [0, 0.05) is 11.1 Å². The zero-order valence-corrected chi connectivity index (χ0v) is 10.6. The molecule has 0 spiro atoms. The molecule has 0 fully saturated rings. The van der Waals surface area contributed by atoms with Crippen LogP contribution in [0.4, 0.5) is 14.7 Å². The van der Waals surface area contributed by atoms with Crippen molar-refractivity contribution in [3.8, 4) is 17.0 Å². The van der Waals surface area contributed by atoms with Crippen molar-refractivity contribution >= 4 is 5.88 Å². The lowest BCUT2D eigenvalue weighted by Gasteiger charge is -2.08. The lowest BCUT2D eigenvalue weighted by molar-refractivity contribution is -0.0498. The monoisotopic (exact) mass is 268 g/mol. The van der Waals surface area contributed by atoms with Crippen molar-refractivity contribution in [1.82, 2.24) is 5.16 Å². The molecule has 2 N–H and O–H groups in total.